The zero-order valence-corrected chi connectivity index (χ0v) is 10.5. The molecule has 0 unspecified atom stereocenters. The van der Waals surface area contributed by atoms with Crippen LogP contribution in [0.3, 0.4) is 0 Å². The van der Waals surface area contributed by atoms with Crippen molar-refractivity contribution in [2.75, 3.05) is 13.6 Å². The maximum absolute atomic E-state index is 10.8. The predicted molar refractivity (Wildman–Crippen MR) is 66.7 cm³/mol. The van der Waals surface area contributed by atoms with Crippen molar-refractivity contribution < 1.29 is 9.66 Å². The number of hydrogen-bond donors (Lipinski definition) is 1. The van der Waals surface area contributed by atoms with Crippen LogP contribution in [0.1, 0.15) is 18.4 Å². The molecule has 1 aliphatic rings. The Morgan fingerprint density at radius 2 is 2.33 bits per heavy atom. The number of hydrogen-bond acceptors (Lipinski definition) is 5. The number of pyridine rings is 1. The molecule has 1 aromatic rings. The maximum atomic E-state index is 10.8. The molecule has 6 nitrogen and oxygen atoms in total. The SMILES string of the molecule is CNCC1CC(Oc2cc([N+](=O)[O-])c(C)cn2)C1. The van der Waals surface area contributed by atoms with Crippen LogP contribution in [0.15, 0.2) is 12.3 Å². The van der Waals surface area contributed by atoms with E-state index in [-0.39, 0.29) is 11.8 Å². The van der Waals surface area contributed by atoms with Crippen LogP contribution in [0.2, 0.25) is 0 Å². The summed E-state index contributed by atoms with van der Waals surface area (Å²) in [6.45, 7) is 2.66. The topological polar surface area (TPSA) is 77.3 Å². The first kappa shape index (κ1) is 12.8. The normalized spacial score (nSPS) is 22.3. The lowest BCUT2D eigenvalue weighted by atomic mass is 9.82. The predicted octanol–water partition coefficient (Wildman–Crippen LogP) is 1.68. The molecule has 1 fully saturated rings. The quantitative estimate of drug-likeness (QED) is 0.636. The fourth-order valence-corrected chi connectivity index (χ4v) is 2.15. The van der Waals surface area contributed by atoms with Gasteiger partial charge in [-0.2, -0.15) is 0 Å². The fraction of sp³-hybridized carbons (Fsp3) is 0.583. The Balaban J connectivity index is 1.95. The molecule has 0 aliphatic heterocycles. The van der Waals surface area contributed by atoms with Crippen molar-refractivity contribution in [2.24, 2.45) is 5.92 Å². The monoisotopic (exact) mass is 251 g/mol. The molecule has 2 rings (SSSR count). The van der Waals surface area contributed by atoms with Crippen molar-refractivity contribution in [2.45, 2.75) is 25.9 Å². The molecule has 98 valence electrons. The summed E-state index contributed by atoms with van der Waals surface area (Å²) >= 11 is 0. The maximum Gasteiger partial charge on any atom is 0.279 e. The highest BCUT2D eigenvalue weighted by Crippen LogP contribution is 2.31. The smallest absolute Gasteiger partial charge is 0.279 e. The van der Waals surface area contributed by atoms with Gasteiger partial charge in [0.2, 0.25) is 5.88 Å². The summed E-state index contributed by atoms with van der Waals surface area (Å²) in [6, 6.07) is 1.40. The average Bonchev–Trinajstić information content (AvgIpc) is 2.28. The van der Waals surface area contributed by atoms with Gasteiger partial charge >= 0.3 is 0 Å². The largest absolute Gasteiger partial charge is 0.474 e. The second-order valence-electron chi connectivity index (χ2n) is 4.70. The molecule has 1 aromatic heterocycles. The van der Waals surface area contributed by atoms with Crippen molar-refractivity contribution >= 4 is 5.69 Å². The summed E-state index contributed by atoms with van der Waals surface area (Å²) in [5, 5.41) is 13.9. The Morgan fingerprint density at radius 3 is 2.94 bits per heavy atom. The van der Waals surface area contributed by atoms with Crippen LogP contribution in [-0.2, 0) is 0 Å². The molecule has 0 spiro atoms. The molecule has 1 heterocycles. The standard InChI is InChI=1S/C12H17N3O3/c1-8-6-14-12(5-11(8)15(16)17)18-10-3-9(4-10)7-13-2/h5-6,9-10,13H,3-4,7H2,1-2H3. The minimum absolute atomic E-state index is 0.0612. The van der Waals surface area contributed by atoms with Crippen LogP contribution >= 0.6 is 0 Å². The minimum atomic E-state index is -0.408. The van der Waals surface area contributed by atoms with Crippen molar-refractivity contribution in [3.05, 3.63) is 27.9 Å². The summed E-state index contributed by atoms with van der Waals surface area (Å²) < 4.78 is 5.63. The molecule has 6 heteroatoms. The molecule has 18 heavy (non-hydrogen) atoms. The molecule has 1 N–H and O–H groups in total. The number of aryl methyl sites for hydroxylation is 1. The lowest BCUT2D eigenvalue weighted by Gasteiger charge is -2.34. The Bertz CT molecular complexity index is 444. The highest BCUT2D eigenvalue weighted by molar-refractivity contribution is 5.40. The van der Waals surface area contributed by atoms with Crippen LogP contribution in [0, 0.1) is 23.0 Å². The van der Waals surface area contributed by atoms with E-state index in [2.05, 4.69) is 10.3 Å². The van der Waals surface area contributed by atoms with E-state index >= 15 is 0 Å². The highest BCUT2D eigenvalue weighted by atomic mass is 16.6. The van der Waals surface area contributed by atoms with E-state index in [9.17, 15) is 10.1 Å². The van der Waals surface area contributed by atoms with E-state index in [0.29, 0.717) is 17.4 Å². The van der Waals surface area contributed by atoms with E-state index in [1.807, 2.05) is 7.05 Å². The van der Waals surface area contributed by atoms with Crippen LogP contribution in [-0.4, -0.2) is 29.6 Å². The van der Waals surface area contributed by atoms with Gasteiger partial charge in [-0.15, -0.1) is 0 Å². The Morgan fingerprint density at radius 1 is 1.61 bits per heavy atom. The molecule has 0 amide bonds. The van der Waals surface area contributed by atoms with E-state index < -0.39 is 4.92 Å². The van der Waals surface area contributed by atoms with E-state index in [0.717, 1.165) is 19.4 Å². The second kappa shape index (κ2) is 5.30. The molecule has 1 aliphatic carbocycles. The number of rotatable bonds is 5. The van der Waals surface area contributed by atoms with Crippen LogP contribution in [0.4, 0.5) is 5.69 Å². The lowest BCUT2D eigenvalue weighted by molar-refractivity contribution is -0.385. The average molecular weight is 251 g/mol. The van der Waals surface area contributed by atoms with Crippen LogP contribution in [0.25, 0.3) is 0 Å². The molecule has 0 radical (unpaired) electrons. The van der Waals surface area contributed by atoms with Crippen molar-refractivity contribution in [3.8, 4) is 5.88 Å². The van der Waals surface area contributed by atoms with Gasteiger partial charge in [0.15, 0.2) is 0 Å². The summed E-state index contributed by atoms with van der Waals surface area (Å²) in [5.41, 5.74) is 0.611. The van der Waals surface area contributed by atoms with Crippen molar-refractivity contribution in [1.82, 2.24) is 10.3 Å². The first-order valence-electron chi connectivity index (χ1n) is 6.02. The molecule has 0 atom stereocenters. The second-order valence-corrected chi connectivity index (χ2v) is 4.70. The van der Waals surface area contributed by atoms with Gasteiger partial charge in [-0.3, -0.25) is 10.1 Å². The Kier molecular flexibility index (Phi) is 3.76. The first-order chi connectivity index (χ1) is 8.60. The van der Waals surface area contributed by atoms with Gasteiger partial charge in [0.05, 0.1) is 11.0 Å². The van der Waals surface area contributed by atoms with E-state index in [4.69, 9.17) is 4.74 Å². The van der Waals surface area contributed by atoms with Gasteiger partial charge in [-0.25, -0.2) is 4.98 Å². The molecule has 0 aromatic carbocycles. The summed E-state index contributed by atoms with van der Waals surface area (Å²) in [5.74, 6) is 0.987. The third-order valence-electron chi connectivity index (χ3n) is 3.22. The molecule has 0 saturated heterocycles. The molecule has 1 saturated carbocycles. The molecule has 0 bridgehead atoms. The summed E-state index contributed by atoms with van der Waals surface area (Å²) in [7, 11) is 1.93. The number of nitrogens with one attached hydrogen (secondary N) is 1. The Hall–Kier alpha value is -1.69. The van der Waals surface area contributed by atoms with E-state index in [1.54, 1.807) is 6.92 Å². The van der Waals surface area contributed by atoms with Crippen molar-refractivity contribution in [3.63, 3.8) is 0 Å². The van der Waals surface area contributed by atoms with Gasteiger partial charge in [0.1, 0.15) is 6.10 Å². The zero-order valence-electron chi connectivity index (χ0n) is 10.5. The summed E-state index contributed by atoms with van der Waals surface area (Å²) in [6.07, 6.45) is 3.57. The minimum Gasteiger partial charge on any atom is -0.474 e. The van der Waals surface area contributed by atoms with Gasteiger partial charge in [-0.1, -0.05) is 0 Å². The fourth-order valence-electron chi connectivity index (χ4n) is 2.15. The van der Waals surface area contributed by atoms with Crippen molar-refractivity contribution in [1.29, 1.82) is 0 Å². The highest BCUT2D eigenvalue weighted by Gasteiger charge is 2.30. The zero-order chi connectivity index (χ0) is 13.1. The number of nitro groups is 1. The van der Waals surface area contributed by atoms with E-state index in [1.165, 1.54) is 12.3 Å². The van der Waals surface area contributed by atoms with Crippen LogP contribution in [0.5, 0.6) is 5.88 Å². The third-order valence-corrected chi connectivity index (χ3v) is 3.22. The van der Waals surface area contributed by atoms with Gasteiger partial charge < -0.3 is 10.1 Å². The van der Waals surface area contributed by atoms with Gasteiger partial charge in [-0.05, 0) is 39.3 Å². The van der Waals surface area contributed by atoms with Gasteiger partial charge in [0.25, 0.3) is 5.69 Å². The third kappa shape index (κ3) is 2.76. The number of ether oxygens (including phenoxy) is 1. The lowest BCUT2D eigenvalue weighted by Crippen LogP contribution is -2.38. The number of nitrogens with zero attached hydrogens (tertiary/aromatic N) is 2. The van der Waals surface area contributed by atoms with Crippen LogP contribution < -0.4 is 10.1 Å². The molecular formula is C12H17N3O3. The summed E-state index contributed by atoms with van der Waals surface area (Å²) in [4.78, 5) is 14.5. The number of aromatic nitrogens is 1. The van der Waals surface area contributed by atoms with Gasteiger partial charge in [0, 0.05) is 11.8 Å². The molecular weight excluding hydrogens is 234 g/mol. The first-order valence-corrected chi connectivity index (χ1v) is 6.02. The Labute approximate surface area is 106 Å².